The van der Waals surface area contributed by atoms with Gasteiger partial charge >= 0.3 is 0 Å². The Kier molecular flexibility index (Phi) is 13.5. The fourth-order valence-corrected chi connectivity index (χ4v) is 23.3. The van der Waals surface area contributed by atoms with Gasteiger partial charge in [-0.3, -0.25) is 0 Å². The molecule has 16 aromatic rings. The van der Waals surface area contributed by atoms with E-state index in [1.54, 1.807) is 34.8 Å². The van der Waals surface area contributed by atoms with Crippen LogP contribution in [0.15, 0.2) is 193 Å². The van der Waals surface area contributed by atoms with Crippen LogP contribution in [0, 0.1) is 73.0 Å². The van der Waals surface area contributed by atoms with Crippen molar-refractivity contribution in [2.24, 2.45) is 0 Å². The molecule has 0 atom stereocenters. The zero-order valence-electron chi connectivity index (χ0n) is 51.3. The van der Waals surface area contributed by atoms with Crippen LogP contribution in [-0.4, -0.2) is 17.5 Å². The van der Waals surface area contributed by atoms with E-state index in [-0.39, 0.29) is 11.1 Å². The number of rotatable bonds is 10. The van der Waals surface area contributed by atoms with Crippen LogP contribution in [0.3, 0.4) is 0 Å². The summed E-state index contributed by atoms with van der Waals surface area (Å²) in [6.07, 6.45) is 3.17. The van der Waals surface area contributed by atoms with E-state index in [4.69, 9.17) is 8.75 Å². The fraction of sp³-hybridized carbons (Fsp3) is 0.0750. The molecule has 0 bridgehead atoms. The molecule has 0 aliphatic heterocycles. The first-order valence-electron chi connectivity index (χ1n) is 30.8. The van der Waals surface area contributed by atoms with Gasteiger partial charge in [-0.05, 0) is 156 Å². The summed E-state index contributed by atoms with van der Waals surface area (Å²) in [6.45, 7) is 8.73. The van der Waals surface area contributed by atoms with E-state index < -0.39 is 10.8 Å². The van der Waals surface area contributed by atoms with Crippen molar-refractivity contribution in [3.8, 4) is 85.5 Å². The largest absolute Gasteiger partial charge is 0.192 e. The summed E-state index contributed by atoms with van der Waals surface area (Å²) in [5.41, 5.74) is 22.5. The highest BCUT2D eigenvalue weighted by atomic mass is 32.1. The molecule has 452 valence electrons. The van der Waals surface area contributed by atoms with E-state index in [0.717, 1.165) is 65.1 Å². The average Bonchev–Trinajstić information content (AvgIpc) is 1.49. The highest BCUT2D eigenvalue weighted by Crippen LogP contribution is 2.69. The van der Waals surface area contributed by atoms with Gasteiger partial charge in [0.25, 0.3) is 0 Å². The first-order valence-corrected chi connectivity index (χ1v) is 37.1. The molecule has 2 aliphatic rings. The second kappa shape index (κ2) is 22.2. The fourth-order valence-electron chi connectivity index (χ4n) is 14.5. The molecule has 0 saturated carbocycles. The van der Waals surface area contributed by atoms with Gasteiger partial charge in [-0.1, -0.05) is 144 Å². The molecule has 0 radical (unpaired) electrons. The van der Waals surface area contributed by atoms with Gasteiger partial charge in [0.05, 0.1) is 43.7 Å². The minimum atomic E-state index is -0.683. The minimum absolute atomic E-state index is 0.0227. The zero-order chi connectivity index (χ0) is 64.9. The Hall–Kier alpha value is -10.2. The molecule has 0 spiro atoms. The topological polar surface area (TPSA) is 147 Å². The number of benzene rings is 8. The predicted molar refractivity (Wildman–Crippen MR) is 402 cm³/mol. The van der Waals surface area contributed by atoms with Gasteiger partial charge in [0.1, 0.15) is 57.5 Å². The number of aromatic nitrogens is 4. The van der Waals surface area contributed by atoms with Gasteiger partial charge in [0.15, 0.2) is 0 Å². The molecule has 0 N–H and O–H groups in total. The van der Waals surface area contributed by atoms with Crippen molar-refractivity contribution in [1.29, 1.82) is 21.0 Å². The molecule has 96 heavy (non-hydrogen) atoms. The third kappa shape index (κ3) is 8.65. The first kappa shape index (κ1) is 58.4. The summed E-state index contributed by atoms with van der Waals surface area (Å²) in [6, 6.07) is 76.8. The summed E-state index contributed by atoms with van der Waals surface area (Å²) >= 11 is 13.4. The highest BCUT2D eigenvalue weighted by molar-refractivity contribution is 7.32. The van der Waals surface area contributed by atoms with Crippen molar-refractivity contribution in [3.05, 3.63) is 271 Å². The molecule has 8 nitrogen and oxygen atoms in total. The number of fused-ring (bicyclic) bond motifs is 13. The van der Waals surface area contributed by atoms with E-state index in [1.165, 1.54) is 127 Å². The Labute approximate surface area is 583 Å². The smallest absolute Gasteiger partial charge is 0.130 e. The van der Waals surface area contributed by atoms with Crippen LogP contribution < -0.4 is 0 Å². The molecule has 2 aliphatic carbocycles. The first-order chi connectivity index (χ1) is 46.9. The third-order valence-electron chi connectivity index (χ3n) is 19.0. The molecule has 0 amide bonds. The van der Waals surface area contributed by atoms with Crippen molar-refractivity contribution in [2.45, 2.75) is 38.5 Å². The molecule has 0 fully saturated rings. The second-order valence-corrected chi connectivity index (χ2v) is 32.0. The van der Waals surface area contributed by atoms with Crippen molar-refractivity contribution in [2.75, 3.05) is 0 Å². The number of hydrogen-bond acceptors (Lipinski definition) is 16. The Balaban J connectivity index is 0.838. The summed E-state index contributed by atoms with van der Waals surface area (Å²) < 4.78 is 23.8. The van der Waals surface area contributed by atoms with Crippen LogP contribution in [0.5, 0.6) is 0 Å². The van der Waals surface area contributed by atoms with E-state index >= 15 is 0 Å². The Bertz CT molecular complexity index is 5740. The van der Waals surface area contributed by atoms with E-state index in [9.17, 15) is 21.0 Å². The number of allylic oxidation sites excluding steroid dienone is 2. The van der Waals surface area contributed by atoms with Crippen molar-refractivity contribution >= 4 is 155 Å². The normalized spacial score (nSPS) is 13.1. The number of thiophene rings is 6. The van der Waals surface area contributed by atoms with Gasteiger partial charge in [0, 0.05) is 81.8 Å². The molecule has 18 rings (SSSR count). The van der Waals surface area contributed by atoms with Crippen molar-refractivity contribution in [1.82, 2.24) is 17.5 Å². The summed E-state index contributed by atoms with van der Waals surface area (Å²) in [5.74, 6) is 0. The predicted octanol–water partition coefficient (Wildman–Crippen LogP) is 23.0. The third-order valence-corrected chi connectivity index (χ3v) is 27.5. The number of nitriles is 4. The van der Waals surface area contributed by atoms with Gasteiger partial charge in [-0.15, -0.1) is 68.0 Å². The summed E-state index contributed by atoms with van der Waals surface area (Å²) in [4.78, 5) is 9.47. The molecule has 8 heterocycles. The molecular formula is C80H44N8S8. The lowest BCUT2D eigenvalue weighted by molar-refractivity contribution is 0.775. The van der Waals surface area contributed by atoms with Gasteiger partial charge in [-0.2, -0.15) is 38.5 Å². The summed E-state index contributed by atoms with van der Waals surface area (Å²) in [7, 11) is 0. The van der Waals surface area contributed by atoms with E-state index in [0.29, 0.717) is 22.2 Å². The van der Waals surface area contributed by atoms with Crippen molar-refractivity contribution < 1.29 is 0 Å². The number of aryl methyl sites for hydroxylation is 4. The molecule has 8 aromatic heterocycles. The van der Waals surface area contributed by atoms with Crippen LogP contribution in [0.2, 0.25) is 0 Å². The van der Waals surface area contributed by atoms with Crippen LogP contribution in [0.4, 0.5) is 0 Å². The quantitative estimate of drug-likeness (QED) is 0.123. The second-order valence-electron chi connectivity index (χ2n) is 24.5. The summed E-state index contributed by atoms with van der Waals surface area (Å²) in [5, 5.41) is 40.6. The van der Waals surface area contributed by atoms with Gasteiger partial charge in [0.2, 0.25) is 0 Å². The van der Waals surface area contributed by atoms with Crippen LogP contribution in [-0.2, 0) is 10.8 Å². The molecule has 0 saturated heterocycles. The lowest BCUT2D eigenvalue weighted by Gasteiger charge is -2.34. The van der Waals surface area contributed by atoms with E-state index in [2.05, 4.69) is 194 Å². The maximum atomic E-state index is 9.55. The average molecular weight is 1370 g/mol. The standard InChI is InChI=1S/C80H44N8S8/c1-41-5-15-51(16-6-41)79(52-17-7-42(2)8-18-52)59-35-65-49(33-67(91-65)63-27-25-61(89-63)55-23-13-47(29-45(37-81)38-82)71-73(55)87-95-85-71)31-57(59)75-69(79)77-78(93-75)70-76(94-77)58-32-50-34-68(64-28-26-62(90-64)56-24-14-48(30-46(39-83)40-84)72-74(56)88-96-86-72)92-66(50)36-60(58)80(70,53-19-9-43(3)10-20-53)54-21-11-44(4)12-22-54/h5-36H,1-4H3. The maximum absolute atomic E-state index is 9.55. The van der Waals surface area contributed by atoms with Crippen LogP contribution in [0.1, 0.15) is 77.9 Å². The van der Waals surface area contributed by atoms with Gasteiger partial charge in [-0.25, -0.2) is 0 Å². The molecule has 0 unspecified atom stereocenters. The Morgan fingerprint density at radius 2 is 0.688 bits per heavy atom. The van der Waals surface area contributed by atoms with Crippen LogP contribution >= 0.6 is 91.5 Å². The monoisotopic (exact) mass is 1370 g/mol. The SMILES string of the molecule is Cc1ccc(C2(c3ccc(C)cc3)c3cc4sc(-c5ccc(-c6ccc(C=C(C#N)C#N)c7nsnc67)s5)cc4cc3-c3sc4c5c(sc4c32)-c2cc3cc(-c4ccc(-c6ccc(C=C(C#N)C#N)c7nsnc67)s4)sc3cc2C5(c2ccc(C)cc2)c2ccc(C)cc2)cc1. The van der Waals surface area contributed by atoms with Crippen LogP contribution in [0.25, 0.3) is 125 Å². The number of hydrogen-bond donors (Lipinski definition) is 0. The number of nitrogens with zero attached hydrogens (tertiary/aromatic N) is 8. The molecule has 8 aromatic carbocycles. The highest BCUT2D eigenvalue weighted by Gasteiger charge is 2.54. The Morgan fingerprint density at radius 3 is 1.04 bits per heavy atom. The lowest BCUT2D eigenvalue weighted by atomic mass is 9.66. The van der Waals surface area contributed by atoms with Crippen molar-refractivity contribution in [3.63, 3.8) is 0 Å². The van der Waals surface area contributed by atoms with E-state index in [1.807, 2.05) is 93.9 Å². The lowest BCUT2D eigenvalue weighted by Crippen LogP contribution is -2.29. The Morgan fingerprint density at radius 1 is 0.344 bits per heavy atom. The zero-order valence-corrected chi connectivity index (χ0v) is 57.9. The maximum Gasteiger partial charge on any atom is 0.130 e. The molecule has 16 heteroatoms. The van der Waals surface area contributed by atoms with Gasteiger partial charge < -0.3 is 0 Å². The molecular weight excluding hydrogens is 1330 g/mol. The minimum Gasteiger partial charge on any atom is -0.192 e.